The summed E-state index contributed by atoms with van der Waals surface area (Å²) in [5, 5.41) is 8.41. The van der Waals surface area contributed by atoms with E-state index in [0.717, 1.165) is 18.2 Å². The Bertz CT molecular complexity index is 769. The van der Waals surface area contributed by atoms with Crippen LogP contribution >= 0.6 is 12.4 Å². The van der Waals surface area contributed by atoms with E-state index in [1.807, 2.05) is 26.0 Å². The molecule has 0 saturated carbocycles. The molecule has 0 radical (unpaired) electrons. The van der Waals surface area contributed by atoms with Gasteiger partial charge in [0, 0.05) is 24.5 Å². The first-order valence-electron chi connectivity index (χ1n) is 7.90. The number of carbonyl (C=O) groups excluding carboxylic acids is 1. The Morgan fingerprint density at radius 3 is 2.42 bits per heavy atom. The van der Waals surface area contributed by atoms with Crippen molar-refractivity contribution in [2.24, 2.45) is 12.8 Å². The topological polar surface area (TPSA) is 90.0 Å². The zero-order chi connectivity index (χ0) is 17.0. The van der Waals surface area contributed by atoms with Gasteiger partial charge in [0.15, 0.2) is 0 Å². The van der Waals surface area contributed by atoms with Crippen LogP contribution in [0, 0.1) is 0 Å². The van der Waals surface area contributed by atoms with Crippen molar-refractivity contribution in [2.75, 3.05) is 6.54 Å². The van der Waals surface area contributed by atoms with Crippen molar-refractivity contribution in [2.45, 2.75) is 38.6 Å². The van der Waals surface area contributed by atoms with Gasteiger partial charge >= 0.3 is 0 Å². The normalized spacial score (nSPS) is 11.2. The molecule has 1 heterocycles. The Balaban J connectivity index is 0.00000288. The third-order valence-electron chi connectivity index (χ3n) is 4.41. The number of nitrogens with one attached hydrogen (secondary N) is 1. The molecule has 132 valence electrons. The molecule has 1 aromatic heterocycles. The SMILES string of the molecule is CCC(N)(CC)CNC(=O)Cc1nn(C)c(=O)c2ccccc12.Cl. The number of amides is 1. The van der Waals surface area contributed by atoms with Crippen molar-refractivity contribution < 1.29 is 4.79 Å². The fourth-order valence-electron chi connectivity index (χ4n) is 2.50. The second kappa shape index (κ2) is 8.26. The summed E-state index contributed by atoms with van der Waals surface area (Å²) in [4.78, 5) is 24.3. The highest BCUT2D eigenvalue weighted by Gasteiger charge is 2.21. The summed E-state index contributed by atoms with van der Waals surface area (Å²) in [6.45, 7) is 4.46. The van der Waals surface area contributed by atoms with E-state index in [1.54, 1.807) is 19.2 Å². The van der Waals surface area contributed by atoms with Crippen LogP contribution in [0.4, 0.5) is 0 Å². The van der Waals surface area contributed by atoms with Crippen molar-refractivity contribution in [3.8, 4) is 0 Å². The van der Waals surface area contributed by atoms with Gasteiger partial charge in [-0.1, -0.05) is 32.0 Å². The highest BCUT2D eigenvalue weighted by Crippen LogP contribution is 2.14. The molecule has 1 amide bonds. The van der Waals surface area contributed by atoms with E-state index in [2.05, 4.69) is 10.4 Å². The summed E-state index contributed by atoms with van der Waals surface area (Å²) < 4.78 is 1.27. The second-order valence-corrected chi connectivity index (χ2v) is 5.94. The zero-order valence-corrected chi connectivity index (χ0v) is 15.2. The molecule has 7 heteroatoms. The lowest BCUT2D eigenvalue weighted by molar-refractivity contribution is -0.120. The van der Waals surface area contributed by atoms with E-state index < -0.39 is 0 Å². The molecule has 6 nitrogen and oxygen atoms in total. The molecule has 0 saturated heterocycles. The van der Waals surface area contributed by atoms with Gasteiger partial charge in [0.25, 0.3) is 5.56 Å². The van der Waals surface area contributed by atoms with Crippen LogP contribution in [-0.4, -0.2) is 27.8 Å². The van der Waals surface area contributed by atoms with Crippen molar-refractivity contribution >= 4 is 29.1 Å². The molecule has 0 spiro atoms. The van der Waals surface area contributed by atoms with Crippen LogP contribution in [0.3, 0.4) is 0 Å². The minimum Gasteiger partial charge on any atom is -0.354 e. The molecule has 1 aromatic carbocycles. The standard InChI is InChI=1S/C17H24N4O2.ClH/c1-4-17(18,5-2)11-19-15(22)10-14-12-8-6-7-9-13(12)16(23)21(3)20-14;/h6-9H,4-5,10-11,18H2,1-3H3,(H,19,22);1H. The van der Waals surface area contributed by atoms with Crippen LogP contribution < -0.4 is 16.6 Å². The fourth-order valence-corrected chi connectivity index (χ4v) is 2.50. The maximum absolute atomic E-state index is 12.2. The predicted octanol–water partition coefficient (Wildman–Crippen LogP) is 1.53. The second-order valence-electron chi connectivity index (χ2n) is 5.94. The van der Waals surface area contributed by atoms with Crippen LogP contribution in [0.15, 0.2) is 29.1 Å². The Labute approximate surface area is 147 Å². The molecular weight excluding hydrogens is 328 g/mol. The Hall–Kier alpha value is -1.92. The monoisotopic (exact) mass is 352 g/mol. The van der Waals surface area contributed by atoms with Crippen LogP contribution in [0.1, 0.15) is 32.4 Å². The molecule has 3 N–H and O–H groups in total. The predicted molar refractivity (Wildman–Crippen MR) is 98.4 cm³/mol. The van der Waals surface area contributed by atoms with Gasteiger partial charge in [0.1, 0.15) is 0 Å². The first-order valence-corrected chi connectivity index (χ1v) is 7.90. The van der Waals surface area contributed by atoms with E-state index in [-0.39, 0.29) is 35.8 Å². The first kappa shape index (κ1) is 20.1. The summed E-state index contributed by atoms with van der Waals surface area (Å²) >= 11 is 0. The van der Waals surface area contributed by atoms with E-state index in [9.17, 15) is 9.59 Å². The van der Waals surface area contributed by atoms with Crippen LogP contribution in [-0.2, 0) is 18.3 Å². The third-order valence-corrected chi connectivity index (χ3v) is 4.41. The molecule has 0 aliphatic rings. The van der Waals surface area contributed by atoms with Crippen molar-refractivity contribution in [1.82, 2.24) is 15.1 Å². The van der Waals surface area contributed by atoms with Crippen molar-refractivity contribution in [1.29, 1.82) is 0 Å². The lowest BCUT2D eigenvalue weighted by Crippen LogP contribution is -2.49. The minimum absolute atomic E-state index is 0. The van der Waals surface area contributed by atoms with E-state index in [4.69, 9.17) is 5.73 Å². The maximum atomic E-state index is 12.2. The lowest BCUT2D eigenvalue weighted by Gasteiger charge is -2.26. The molecular formula is C17H25ClN4O2. The Morgan fingerprint density at radius 1 is 1.25 bits per heavy atom. The quantitative estimate of drug-likeness (QED) is 0.825. The van der Waals surface area contributed by atoms with E-state index >= 15 is 0 Å². The number of nitrogens with two attached hydrogens (primary N) is 1. The fraction of sp³-hybridized carbons (Fsp3) is 0.471. The van der Waals surface area contributed by atoms with Gasteiger partial charge in [-0.15, -0.1) is 12.4 Å². The summed E-state index contributed by atoms with van der Waals surface area (Å²) in [5.41, 5.74) is 6.25. The highest BCUT2D eigenvalue weighted by molar-refractivity contribution is 5.88. The zero-order valence-electron chi connectivity index (χ0n) is 14.3. The number of aromatic nitrogens is 2. The van der Waals surface area contributed by atoms with Crippen molar-refractivity contribution in [3.05, 3.63) is 40.3 Å². The van der Waals surface area contributed by atoms with Gasteiger partial charge in [-0.25, -0.2) is 4.68 Å². The number of halogens is 1. The van der Waals surface area contributed by atoms with Gasteiger partial charge in [0.05, 0.1) is 17.5 Å². The third kappa shape index (κ3) is 4.33. The number of hydrogen-bond donors (Lipinski definition) is 2. The number of fused-ring (bicyclic) bond motifs is 1. The number of rotatable bonds is 6. The van der Waals surface area contributed by atoms with Gasteiger partial charge in [-0.3, -0.25) is 9.59 Å². The number of benzene rings is 1. The molecule has 0 aliphatic carbocycles. The van der Waals surface area contributed by atoms with Crippen LogP contribution in [0.5, 0.6) is 0 Å². The van der Waals surface area contributed by atoms with Crippen molar-refractivity contribution in [3.63, 3.8) is 0 Å². The minimum atomic E-state index is -0.380. The van der Waals surface area contributed by atoms with Gasteiger partial charge < -0.3 is 11.1 Å². The molecule has 2 aromatic rings. The Morgan fingerprint density at radius 2 is 1.83 bits per heavy atom. The Kier molecular flexibility index (Phi) is 6.93. The smallest absolute Gasteiger partial charge is 0.274 e. The molecule has 24 heavy (non-hydrogen) atoms. The summed E-state index contributed by atoms with van der Waals surface area (Å²) in [7, 11) is 1.59. The first-order chi connectivity index (χ1) is 10.9. The maximum Gasteiger partial charge on any atom is 0.274 e. The average Bonchev–Trinajstić information content (AvgIpc) is 2.57. The summed E-state index contributed by atoms with van der Waals surface area (Å²) in [6, 6.07) is 7.21. The molecule has 0 unspecified atom stereocenters. The molecule has 0 fully saturated rings. The molecule has 0 aliphatic heterocycles. The molecule has 2 rings (SSSR count). The average molecular weight is 353 g/mol. The molecule has 0 bridgehead atoms. The number of nitrogens with zero attached hydrogens (tertiary/aromatic N) is 2. The van der Waals surface area contributed by atoms with Gasteiger partial charge in [-0.2, -0.15) is 5.10 Å². The number of aryl methyl sites for hydroxylation is 1. The summed E-state index contributed by atoms with van der Waals surface area (Å²) in [6.07, 6.45) is 1.72. The van der Waals surface area contributed by atoms with Gasteiger partial charge in [0.2, 0.25) is 5.91 Å². The number of carbonyl (C=O) groups is 1. The van der Waals surface area contributed by atoms with Crippen LogP contribution in [0.25, 0.3) is 10.8 Å². The van der Waals surface area contributed by atoms with E-state index in [1.165, 1.54) is 4.68 Å². The summed E-state index contributed by atoms with van der Waals surface area (Å²) in [5.74, 6) is -0.141. The highest BCUT2D eigenvalue weighted by atomic mass is 35.5. The van der Waals surface area contributed by atoms with Gasteiger partial charge in [-0.05, 0) is 18.9 Å². The molecule has 0 atom stereocenters. The number of hydrogen-bond acceptors (Lipinski definition) is 4. The van der Waals surface area contributed by atoms with Crippen LogP contribution in [0.2, 0.25) is 0 Å². The lowest BCUT2D eigenvalue weighted by atomic mass is 9.94. The van der Waals surface area contributed by atoms with E-state index in [0.29, 0.717) is 17.6 Å². The largest absolute Gasteiger partial charge is 0.354 e.